The van der Waals surface area contributed by atoms with E-state index in [0.29, 0.717) is 35.9 Å². The molecule has 33 heavy (non-hydrogen) atoms. The van der Waals surface area contributed by atoms with Gasteiger partial charge in [0.1, 0.15) is 28.4 Å². The molecule has 1 saturated heterocycles. The predicted molar refractivity (Wildman–Crippen MR) is 119 cm³/mol. The summed E-state index contributed by atoms with van der Waals surface area (Å²) in [5, 5.41) is 2.94. The molecule has 3 aliphatic rings. The number of nitrogens with one attached hydrogen (secondary N) is 2. The molecule has 10 heteroatoms. The Morgan fingerprint density at radius 2 is 1.88 bits per heavy atom. The summed E-state index contributed by atoms with van der Waals surface area (Å²) in [6.07, 6.45) is 3.78. The molecular formula is C23H25F2N3O4S. The molecule has 0 aromatic heterocycles. The van der Waals surface area contributed by atoms with E-state index in [1.54, 1.807) is 6.07 Å². The van der Waals surface area contributed by atoms with Crippen molar-refractivity contribution >= 4 is 27.3 Å². The number of sulfonamides is 1. The van der Waals surface area contributed by atoms with Crippen LogP contribution in [0.5, 0.6) is 5.75 Å². The Kier molecular flexibility index (Phi) is 5.32. The molecule has 2 N–H and O–H groups in total. The van der Waals surface area contributed by atoms with Crippen LogP contribution in [-0.4, -0.2) is 45.5 Å². The van der Waals surface area contributed by atoms with Gasteiger partial charge in [-0.2, -0.15) is 0 Å². The fraction of sp³-hybridized carbons (Fsp3) is 0.435. The van der Waals surface area contributed by atoms with Crippen molar-refractivity contribution in [3.63, 3.8) is 0 Å². The first-order chi connectivity index (χ1) is 15.7. The number of nitrogens with zero attached hydrogens (tertiary/aromatic N) is 1. The Labute approximate surface area is 191 Å². The fourth-order valence-corrected chi connectivity index (χ4v) is 5.94. The van der Waals surface area contributed by atoms with E-state index in [4.69, 9.17) is 4.74 Å². The highest BCUT2D eigenvalue weighted by atomic mass is 32.2. The molecule has 2 aliphatic heterocycles. The Bertz CT molecular complexity index is 1220. The van der Waals surface area contributed by atoms with Crippen molar-refractivity contribution in [2.24, 2.45) is 0 Å². The molecule has 2 aromatic carbocycles. The van der Waals surface area contributed by atoms with Crippen LogP contribution < -0.4 is 14.8 Å². The molecule has 2 fully saturated rings. The molecule has 2 aromatic rings. The van der Waals surface area contributed by atoms with Crippen LogP contribution in [0.25, 0.3) is 0 Å². The molecule has 5 rings (SSSR count). The molecule has 0 atom stereocenters. The van der Waals surface area contributed by atoms with E-state index in [9.17, 15) is 22.0 Å². The standard InChI is InChI=1S/C23H25F2N3O4S/c1-28-9-5-16(6-10-28)32-19-13-15(12-17-21(19)26-22(29)23(17)7-2-8-23)27-33(30,31)20-4-3-14(24)11-18(20)25/h3-4,11-13,16,27H,2,5-10H2,1H3,(H,26,29). The van der Waals surface area contributed by atoms with Crippen molar-refractivity contribution in [2.45, 2.75) is 48.5 Å². The summed E-state index contributed by atoms with van der Waals surface area (Å²) < 4.78 is 61.9. The number of carbonyl (C=O) groups is 1. The third-order valence-corrected chi connectivity index (χ3v) is 8.31. The van der Waals surface area contributed by atoms with Crippen molar-refractivity contribution in [1.82, 2.24) is 4.90 Å². The highest BCUT2D eigenvalue weighted by Crippen LogP contribution is 2.54. The lowest BCUT2D eigenvalue weighted by Crippen LogP contribution is -2.40. The summed E-state index contributed by atoms with van der Waals surface area (Å²) in [7, 11) is -2.29. The predicted octanol–water partition coefficient (Wildman–Crippen LogP) is 3.61. The quantitative estimate of drug-likeness (QED) is 0.687. The van der Waals surface area contributed by atoms with Gasteiger partial charge in [-0.05, 0) is 56.5 Å². The largest absolute Gasteiger partial charge is 0.488 e. The van der Waals surface area contributed by atoms with Gasteiger partial charge in [-0.25, -0.2) is 17.2 Å². The lowest BCUT2D eigenvalue weighted by Gasteiger charge is -2.36. The van der Waals surface area contributed by atoms with Gasteiger partial charge in [0.05, 0.1) is 16.8 Å². The Hall–Kier alpha value is -2.72. The lowest BCUT2D eigenvalue weighted by atomic mass is 9.65. The van der Waals surface area contributed by atoms with E-state index >= 15 is 0 Å². The number of anilines is 2. The number of ether oxygens (including phenoxy) is 1. The Morgan fingerprint density at radius 3 is 2.52 bits per heavy atom. The molecule has 176 valence electrons. The number of amides is 1. The SMILES string of the molecule is CN1CCC(Oc2cc(NS(=O)(=O)c3ccc(F)cc3F)cc3c2NC(=O)C32CCC2)CC1. The zero-order valence-corrected chi connectivity index (χ0v) is 19.0. The summed E-state index contributed by atoms with van der Waals surface area (Å²) in [6, 6.07) is 5.44. The lowest BCUT2D eigenvalue weighted by molar-refractivity contribution is -0.123. The van der Waals surface area contributed by atoms with Crippen LogP contribution >= 0.6 is 0 Å². The molecule has 0 bridgehead atoms. The number of benzene rings is 2. The molecule has 7 nitrogen and oxygen atoms in total. The topological polar surface area (TPSA) is 87.7 Å². The number of carbonyl (C=O) groups excluding carboxylic acids is 1. The van der Waals surface area contributed by atoms with Gasteiger partial charge in [0.15, 0.2) is 0 Å². The molecule has 1 aliphatic carbocycles. The molecule has 0 unspecified atom stereocenters. The normalized spacial score (nSPS) is 20.3. The number of likely N-dealkylation sites (tertiary alicyclic amines) is 1. The minimum atomic E-state index is -4.33. The van der Waals surface area contributed by atoms with E-state index < -0.39 is 32.0 Å². The third-order valence-electron chi connectivity index (χ3n) is 6.89. The van der Waals surface area contributed by atoms with Crippen molar-refractivity contribution in [3.8, 4) is 5.75 Å². The van der Waals surface area contributed by atoms with Gasteiger partial charge in [-0.3, -0.25) is 9.52 Å². The fourth-order valence-electron chi connectivity index (χ4n) is 4.84. The van der Waals surface area contributed by atoms with E-state index in [2.05, 4.69) is 14.9 Å². The van der Waals surface area contributed by atoms with Crippen molar-refractivity contribution in [3.05, 3.63) is 47.5 Å². The zero-order chi connectivity index (χ0) is 23.4. The van der Waals surface area contributed by atoms with Gasteiger partial charge in [0, 0.05) is 25.2 Å². The number of fused-ring (bicyclic) bond motifs is 2. The van der Waals surface area contributed by atoms with Gasteiger partial charge in [-0.1, -0.05) is 6.42 Å². The average Bonchev–Trinajstić information content (AvgIpc) is 3.01. The highest BCUT2D eigenvalue weighted by Gasteiger charge is 2.52. The first-order valence-corrected chi connectivity index (χ1v) is 12.5. The van der Waals surface area contributed by atoms with Crippen LogP contribution in [0.15, 0.2) is 35.2 Å². The monoisotopic (exact) mass is 477 g/mol. The average molecular weight is 478 g/mol. The second-order valence-electron chi connectivity index (χ2n) is 9.09. The third kappa shape index (κ3) is 3.85. The Morgan fingerprint density at radius 1 is 1.15 bits per heavy atom. The molecule has 1 spiro atoms. The van der Waals surface area contributed by atoms with E-state index in [-0.39, 0.29) is 17.7 Å². The second kappa shape index (κ2) is 7.95. The maximum Gasteiger partial charge on any atom is 0.264 e. The van der Waals surface area contributed by atoms with Gasteiger partial charge in [0.2, 0.25) is 5.91 Å². The van der Waals surface area contributed by atoms with E-state index in [1.807, 2.05) is 7.05 Å². The number of hydrogen-bond acceptors (Lipinski definition) is 5. The minimum absolute atomic E-state index is 0.0680. The molecule has 2 heterocycles. The first-order valence-electron chi connectivity index (χ1n) is 11.0. The van der Waals surface area contributed by atoms with Gasteiger partial charge >= 0.3 is 0 Å². The number of rotatable bonds is 5. The summed E-state index contributed by atoms with van der Waals surface area (Å²) in [5.74, 6) is -1.76. The van der Waals surface area contributed by atoms with Crippen LogP contribution in [0.2, 0.25) is 0 Å². The number of piperidine rings is 1. The highest BCUT2D eigenvalue weighted by molar-refractivity contribution is 7.92. The summed E-state index contributed by atoms with van der Waals surface area (Å²) in [5.41, 5.74) is 0.752. The van der Waals surface area contributed by atoms with Crippen molar-refractivity contribution in [1.29, 1.82) is 0 Å². The zero-order valence-electron chi connectivity index (χ0n) is 18.2. The van der Waals surface area contributed by atoms with Crippen LogP contribution in [0.1, 0.15) is 37.7 Å². The van der Waals surface area contributed by atoms with Gasteiger partial charge in [0.25, 0.3) is 10.0 Å². The second-order valence-corrected chi connectivity index (χ2v) is 10.7. The van der Waals surface area contributed by atoms with Gasteiger partial charge < -0.3 is 15.0 Å². The van der Waals surface area contributed by atoms with Crippen LogP contribution in [0.4, 0.5) is 20.2 Å². The number of hydrogen-bond donors (Lipinski definition) is 2. The van der Waals surface area contributed by atoms with Crippen molar-refractivity contribution in [2.75, 3.05) is 30.2 Å². The maximum absolute atomic E-state index is 14.2. The molecule has 1 saturated carbocycles. The maximum atomic E-state index is 14.2. The van der Waals surface area contributed by atoms with Gasteiger partial charge in [-0.15, -0.1) is 0 Å². The summed E-state index contributed by atoms with van der Waals surface area (Å²) in [6.45, 7) is 1.75. The molecule has 1 amide bonds. The van der Waals surface area contributed by atoms with Crippen LogP contribution in [-0.2, 0) is 20.2 Å². The first kappa shape index (κ1) is 22.1. The Balaban J connectivity index is 1.52. The van der Waals surface area contributed by atoms with E-state index in [1.165, 1.54) is 6.07 Å². The smallest absolute Gasteiger partial charge is 0.264 e. The molecular weight excluding hydrogens is 452 g/mol. The minimum Gasteiger partial charge on any atom is -0.488 e. The molecule has 0 radical (unpaired) electrons. The van der Waals surface area contributed by atoms with Crippen LogP contribution in [0.3, 0.4) is 0 Å². The summed E-state index contributed by atoms with van der Waals surface area (Å²) >= 11 is 0. The van der Waals surface area contributed by atoms with E-state index in [0.717, 1.165) is 44.5 Å². The van der Waals surface area contributed by atoms with Crippen molar-refractivity contribution < 1.29 is 26.7 Å². The van der Waals surface area contributed by atoms with Crippen LogP contribution in [0, 0.1) is 11.6 Å². The number of halogens is 2. The summed E-state index contributed by atoms with van der Waals surface area (Å²) in [4.78, 5) is 14.4.